The number of nitriles is 1. The van der Waals surface area contributed by atoms with Crippen LogP contribution in [-0.4, -0.2) is 23.1 Å². The van der Waals surface area contributed by atoms with Crippen molar-refractivity contribution in [1.29, 1.82) is 10.7 Å². The minimum absolute atomic E-state index is 0.238. The van der Waals surface area contributed by atoms with E-state index in [1.807, 2.05) is 0 Å². The van der Waals surface area contributed by atoms with Crippen LogP contribution >= 0.6 is 0 Å². The molecule has 0 spiro atoms. The average Bonchev–Trinajstić information content (AvgIpc) is 2.37. The van der Waals surface area contributed by atoms with E-state index in [-0.39, 0.29) is 5.71 Å². The number of amidine groups is 1. The number of anilines is 1. The van der Waals surface area contributed by atoms with Crippen LogP contribution in [-0.2, 0) is 4.74 Å². The summed E-state index contributed by atoms with van der Waals surface area (Å²) in [7, 11) is 0. The first kappa shape index (κ1) is 16.2. The number of benzene rings is 1. The van der Waals surface area contributed by atoms with Crippen LogP contribution in [0.1, 0.15) is 31.1 Å². The molecule has 7 nitrogen and oxygen atoms in total. The molecule has 0 bridgehead atoms. The van der Waals surface area contributed by atoms with Gasteiger partial charge in [-0.15, -0.1) is 0 Å². The first-order valence-corrected chi connectivity index (χ1v) is 6.14. The van der Waals surface area contributed by atoms with Gasteiger partial charge in [-0.1, -0.05) is 6.07 Å². The number of nitrogens with two attached hydrogens (primary N) is 1. The average molecular weight is 287 g/mol. The Labute approximate surface area is 122 Å². The summed E-state index contributed by atoms with van der Waals surface area (Å²) in [6, 6.07) is 8.14. The fourth-order valence-electron chi connectivity index (χ4n) is 1.32. The summed E-state index contributed by atoms with van der Waals surface area (Å²) >= 11 is 0. The number of carbonyl (C=O) groups is 1. The van der Waals surface area contributed by atoms with Crippen molar-refractivity contribution >= 4 is 23.2 Å². The molecule has 0 atom stereocenters. The van der Waals surface area contributed by atoms with Crippen LogP contribution in [0.15, 0.2) is 29.4 Å². The maximum absolute atomic E-state index is 11.9. The Balaban J connectivity index is 2.89. The standard InChI is InChI=1S/C14H17N5O2/c1-14(2,3)21-13(20)9-5-4-6-10(7-9)18-19-11(8-15)12(16)17/h4-7,18H,1-3H3,(H3,16,17)/b19-11+. The molecule has 0 aliphatic heterocycles. The summed E-state index contributed by atoms with van der Waals surface area (Å²) in [5, 5.41) is 19.6. The number of carbonyl (C=O) groups excluding carboxylic acids is 1. The highest BCUT2D eigenvalue weighted by Gasteiger charge is 2.17. The zero-order chi connectivity index (χ0) is 16.0. The summed E-state index contributed by atoms with van der Waals surface area (Å²) < 4.78 is 5.25. The van der Waals surface area contributed by atoms with Gasteiger partial charge in [0.2, 0.25) is 5.71 Å². The fraction of sp³-hybridized carbons (Fsp3) is 0.286. The number of ether oxygens (including phenoxy) is 1. The van der Waals surface area contributed by atoms with Gasteiger partial charge in [0.15, 0.2) is 5.84 Å². The Kier molecular flexibility index (Phi) is 5.02. The van der Waals surface area contributed by atoms with Crippen molar-refractivity contribution in [3.05, 3.63) is 29.8 Å². The number of nitrogens with one attached hydrogen (secondary N) is 2. The van der Waals surface area contributed by atoms with Gasteiger partial charge in [-0.25, -0.2) is 4.79 Å². The van der Waals surface area contributed by atoms with Crippen LogP contribution in [0.2, 0.25) is 0 Å². The van der Waals surface area contributed by atoms with Gasteiger partial charge in [-0.2, -0.15) is 10.4 Å². The fourth-order valence-corrected chi connectivity index (χ4v) is 1.32. The number of hydrogen-bond donors (Lipinski definition) is 3. The Morgan fingerprint density at radius 3 is 2.67 bits per heavy atom. The van der Waals surface area contributed by atoms with Gasteiger partial charge in [-0.05, 0) is 39.0 Å². The molecule has 1 aromatic rings. The second kappa shape index (κ2) is 6.52. The Bertz CT molecular complexity index is 623. The molecule has 0 fully saturated rings. The Morgan fingerprint density at radius 1 is 1.48 bits per heavy atom. The molecule has 0 saturated heterocycles. The molecule has 4 N–H and O–H groups in total. The van der Waals surface area contributed by atoms with Gasteiger partial charge in [0.05, 0.1) is 11.3 Å². The van der Waals surface area contributed by atoms with Crippen molar-refractivity contribution in [3.8, 4) is 6.07 Å². The van der Waals surface area contributed by atoms with E-state index in [2.05, 4.69) is 10.5 Å². The normalized spacial score (nSPS) is 11.4. The van der Waals surface area contributed by atoms with Crippen molar-refractivity contribution in [2.24, 2.45) is 10.8 Å². The third kappa shape index (κ3) is 5.32. The molecule has 1 aromatic carbocycles. The minimum atomic E-state index is -0.582. The molecular formula is C14H17N5O2. The first-order chi connectivity index (χ1) is 9.73. The maximum Gasteiger partial charge on any atom is 0.338 e. The molecule has 0 radical (unpaired) electrons. The molecule has 0 aliphatic rings. The highest BCUT2D eigenvalue weighted by atomic mass is 16.6. The second-order valence-electron chi connectivity index (χ2n) is 5.18. The number of nitrogens with zero attached hydrogens (tertiary/aromatic N) is 2. The minimum Gasteiger partial charge on any atom is -0.456 e. The molecule has 1 rings (SSSR count). The van der Waals surface area contributed by atoms with Crippen LogP contribution in [0.3, 0.4) is 0 Å². The molecule has 7 heteroatoms. The summed E-state index contributed by atoms with van der Waals surface area (Å²) in [5.74, 6) is -0.893. The van der Waals surface area contributed by atoms with E-state index < -0.39 is 17.4 Å². The van der Waals surface area contributed by atoms with Gasteiger partial charge in [-0.3, -0.25) is 10.8 Å². The summed E-state index contributed by atoms with van der Waals surface area (Å²) in [4.78, 5) is 11.9. The van der Waals surface area contributed by atoms with E-state index >= 15 is 0 Å². The lowest BCUT2D eigenvalue weighted by atomic mass is 10.1. The summed E-state index contributed by atoms with van der Waals surface area (Å²) in [6.07, 6.45) is 0. The van der Waals surface area contributed by atoms with Gasteiger partial charge in [0.25, 0.3) is 0 Å². The zero-order valence-corrected chi connectivity index (χ0v) is 12.1. The van der Waals surface area contributed by atoms with Gasteiger partial charge < -0.3 is 10.5 Å². The lowest BCUT2D eigenvalue weighted by Gasteiger charge is -2.19. The van der Waals surface area contributed by atoms with Crippen molar-refractivity contribution in [3.63, 3.8) is 0 Å². The molecule has 0 aliphatic carbocycles. The Morgan fingerprint density at radius 2 is 2.14 bits per heavy atom. The van der Waals surface area contributed by atoms with E-state index in [9.17, 15) is 4.79 Å². The third-order valence-corrected chi connectivity index (χ3v) is 2.15. The smallest absolute Gasteiger partial charge is 0.338 e. The topological polar surface area (TPSA) is 124 Å². The van der Waals surface area contributed by atoms with Crippen LogP contribution in [0.5, 0.6) is 0 Å². The van der Waals surface area contributed by atoms with Crippen molar-refractivity contribution < 1.29 is 9.53 Å². The number of hydrazone groups is 1. The molecular weight excluding hydrogens is 270 g/mol. The molecule has 0 unspecified atom stereocenters. The highest BCUT2D eigenvalue weighted by molar-refractivity contribution is 6.45. The van der Waals surface area contributed by atoms with Crippen LogP contribution in [0, 0.1) is 16.7 Å². The molecule has 0 aromatic heterocycles. The van der Waals surface area contributed by atoms with E-state index in [4.69, 9.17) is 21.1 Å². The quantitative estimate of drug-likeness (QED) is 0.337. The van der Waals surface area contributed by atoms with E-state index in [1.165, 1.54) is 6.07 Å². The van der Waals surface area contributed by atoms with E-state index in [1.54, 1.807) is 45.0 Å². The van der Waals surface area contributed by atoms with Crippen LogP contribution in [0.4, 0.5) is 5.69 Å². The molecule has 0 amide bonds. The summed E-state index contributed by atoms with van der Waals surface area (Å²) in [5.41, 5.74) is 7.76. The van der Waals surface area contributed by atoms with Crippen molar-refractivity contribution in [2.75, 3.05) is 5.43 Å². The predicted octanol–water partition coefficient (Wildman–Crippen LogP) is 1.87. The third-order valence-electron chi connectivity index (χ3n) is 2.15. The Hall–Kier alpha value is -2.88. The first-order valence-electron chi connectivity index (χ1n) is 6.14. The molecule has 0 saturated carbocycles. The highest BCUT2D eigenvalue weighted by Crippen LogP contribution is 2.15. The second-order valence-corrected chi connectivity index (χ2v) is 5.18. The van der Waals surface area contributed by atoms with Gasteiger partial charge in [0, 0.05) is 0 Å². The predicted molar refractivity (Wildman–Crippen MR) is 80.2 cm³/mol. The number of hydrogen-bond acceptors (Lipinski definition) is 6. The molecule has 0 heterocycles. The van der Waals surface area contributed by atoms with Crippen LogP contribution in [0.25, 0.3) is 0 Å². The zero-order valence-electron chi connectivity index (χ0n) is 12.1. The lowest BCUT2D eigenvalue weighted by molar-refractivity contribution is 0.00696. The van der Waals surface area contributed by atoms with Gasteiger partial charge >= 0.3 is 5.97 Å². The number of rotatable bonds is 4. The van der Waals surface area contributed by atoms with Gasteiger partial charge in [0.1, 0.15) is 11.7 Å². The van der Waals surface area contributed by atoms with Crippen LogP contribution < -0.4 is 11.2 Å². The largest absolute Gasteiger partial charge is 0.456 e. The van der Waals surface area contributed by atoms with E-state index in [0.29, 0.717) is 11.3 Å². The SMILES string of the molecule is CC(C)(C)OC(=O)c1cccc(N/N=C(\C#N)C(=N)N)c1. The van der Waals surface area contributed by atoms with Crippen molar-refractivity contribution in [2.45, 2.75) is 26.4 Å². The monoisotopic (exact) mass is 287 g/mol. The molecule has 21 heavy (non-hydrogen) atoms. The van der Waals surface area contributed by atoms with E-state index in [0.717, 1.165) is 0 Å². The maximum atomic E-state index is 11.9. The molecule has 110 valence electrons. The lowest BCUT2D eigenvalue weighted by Crippen LogP contribution is -2.24. The van der Waals surface area contributed by atoms with Crippen molar-refractivity contribution in [1.82, 2.24) is 0 Å². The number of esters is 1. The summed E-state index contributed by atoms with van der Waals surface area (Å²) in [6.45, 7) is 5.34.